The third kappa shape index (κ3) is 4.85. The Bertz CT molecular complexity index is 502. The molecule has 2 saturated heterocycles. The van der Waals surface area contributed by atoms with E-state index >= 15 is 0 Å². The van der Waals surface area contributed by atoms with Crippen molar-refractivity contribution >= 4 is 30.7 Å². The summed E-state index contributed by atoms with van der Waals surface area (Å²) in [5, 5.41) is 6.94. The molecule has 2 N–H and O–H groups in total. The first-order chi connectivity index (χ1) is 10.7. The summed E-state index contributed by atoms with van der Waals surface area (Å²) < 4.78 is 0. The van der Waals surface area contributed by atoms with Crippen molar-refractivity contribution in [3.05, 3.63) is 35.9 Å². The zero-order valence-corrected chi connectivity index (χ0v) is 16.0. The van der Waals surface area contributed by atoms with Crippen LogP contribution in [0.15, 0.2) is 30.3 Å². The molecule has 1 aromatic carbocycles. The number of piperidine rings is 1. The number of benzene rings is 1. The van der Waals surface area contributed by atoms with Gasteiger partial charge < -0.3 is 10.6 Å². The summed E-state index contributed by atoms with van der Waals surface area (Å²) in [5.41, 5.74) is 1.07. The molecular formula is C18H29Cl2N3O. The zero-order chi connectivity index (χ0) is 15.5. The van der Waals surface area contributed by atoms with Crippen molar-refractivity contribution in [3.63, 3.8) is 0 Å². The van der Waals surface area contributed by atoms with Gasteiger partial charge in [-0.1, -0.05) is 37.3 Å². The van der Waals surface area contributed by atoms with Crippen LogP contribution in [0.5, 0.6) is 0 Å². The normalized spacial score (nSPS) is 26.2. The second-order valence-electron chi connectivity index (χ2n) is 6.70. The van der Waals surface area contributed by atoms with Crippen molar-refractivity contribution < 1.29 is 4.79 Å². The summed E-state index contributed by atoms with van der Waals surface area (Å²) in [6, 6.07) is 11.4. The molecule has 0 aliphatic carbocycles. The van der Waals surface area contributed by atoms with Gasteiger partial charge in [0.15, 0.2) is 0 Å². The first-order valence-electron chi connectivity index (χ1n) is 8.49. The van der Waals surface area contributed by atoms with E-state index in [1.165, 1.54) is 12.8 Å². The lowest BCUT2D eigenvalue weighted by Gasteiger charge is -2.33. The molecule has 2 heterocycles. The van der Waals surface area contributed by atoms with Crippen molar-refractivity contribution in [1.29, 1.82) is 0 Å². The van der Waals surface area contributed by atoms with Gasteiger partial charge in [0.25, 0.3) is 0 Å². The molecule has 3 rings (SSSR count). The summed E-state index contributed by atoms with van der Waals surface area (Å²) in [6.45, 7) is 2.94. The van der Waals surface area contributed by atoms with Gasteiger partial charge >= 0.3 is 0 Å². The summed E-state index contributed by atoms with van der Waals surface area (Å²) in [5.74, 6) is 0.141. The average Bonchev–Trinajstić information content (AvgIpc) is 2.87. The summed E-state index contributed by atoms with van der Waals surface area (Å²) in [6.07, 6.45) is 4.65. The van der Waals surface area contributed by atoms with E-state index in [9.17, 15) is 4.79 Å². The minimum absolute atomic E-state index is 0. The highest BCUT2D eigenvalue weighted by atomic mass is 35.5. The van der Waals surface area contributed by atoms with Crippen molar-refractivity contribution in [2.75, 3.05) is 13.6 Å². The maximum absolute atomic E-state index is 12.9. The van der Waals surface area contributed by atoms with Crippen molar-refractivity contribution in [2.24, 2.45) is 0 Å². The molecule has 2 fully saturated rings. The van der Waals surface area contributed by atoms with Gasteiger partial charge in [0.2, 0.25) is 5.91 Å². The van der Waals surface area contributed by atoms with E-state index in [2.05, 4.69) is 22.5 Å². The van der Waals surface area contributed by atoms with Crippen LogP contribution in [-0.2, 0) is 4.79 Å². The van der Waals surface area contributed by atoms with E-state index in [1.807, 2.05) is 37.4 Å². The van der Waals surface area contributed by atoms with Gasteiger partial charge in [-0.05, 0) is 44.8 Å². The van der Waals surface area contributed by atoms with Crippen LogP contribution in [0.4, 0.5) is 0 Å². The fraction of sp³-hybridized carbons (Fsp3) is 0.611. The molecule has 1 amide bonds. The molecule has 0 aromatic heterocycles. The van der Waals surface area contributed by atoms with Crippen LogP contribution in [0.2, 0.25) is 0 Å². The van der Waals surface area contributed by atoms with Crippen molar-refractivity contribution in [1.82, 2.24) is 15.5 Å². The first kappa shape index (κ1) is 21.2. The second kappa shape index (κ2) is 9.62. The molecular weight excluding hydrogens is 345 g/mol. The molecule has 2 bridgehead atoms. The Hall–Kier alpha value is -0.810. The molecule has 0 spiro atoms. The number of hydrogen-bond acceptors (Lipinski definition) is 3. The standard InChI is InChI=1S/C18H27N3O.2ClH/c1-3-21(2)17(13-7-5-4-6-8-13)18(22)20-16-11-14-9-10-15(12-16)19-14;;/h4-8,14-17,19H,3,9-12H2,1-2H3,(H,20,22);2*1H. The topological polar surface area (TPSA) is 44.4 Å². The van der Waals surface area contributed by atoms with E-state index in [-0.39, 0.29) is 36.8 Å². The lowest BCUT2D eigenvalue weighted by molar-refractivity contribution is -0.127. The minimum atomic E-state index is -0.196. The summed E-state index contributed by atoms with van der Waals surface area (Å²) >= 11 is 0. The molecule has 1 aromatic rings. The van der Waals surface area contributed by atoms with E-state index in [1.54, 1.807) is 0 Å². The quantitative estimate of drug-likeness (QED) is 0.833. The lowest BCUT2D eigenvalue weighted by Crippen LogP contribution is -2.50. The Kier molecular flexibility index (Phi) is 8.51. The zero-order valence-electron chi connectivity index (χ0n) is 14.4. The van der Waals surface area contributed by atoms with E-state index in [0.717, 1.165) is 24.9 Å². The Morgan fingerprint density at radius 2 is 1.79 bits per heavy atom. The van der Waals surface area contributed by atoms with Crippen LogP contribution in [0, 0.1) is 0 Å². The number of rotatable bonds is 5. The highest BCUT2D eigenvalue weighted by molar-refractivity contribution is 5.85. The first-order valence-corrected chi connectivity index (χ1v) is 8.49. The molecule has 3 atom stereocenters. The van der Waals surface area contributed by atoms with Gasteiger partial charge in [0.1, 0.15) is 6.04 Å². The number of hydrogen-bond donors (Lipinski definition) is 2. The number of carbonyl (C=O) groups excluding carboxylic acids is 1. The van der Waals surface area contributed by atoms with Crippen LogP contribution in [0.25, 0.3) is 0 Å². The predicted molar refractivity (Wildman–Crippen MR) is 103 cm³/mol. The van der Waals surface area contributed by atoms with Crippen molar-refractivity contribution in [3.8, 4) is 0 Å². The van der Waals surface area contributed by atoms with Gasteiger partial charge in [0, 0.05) is 18.1 Å². The maximum Gasteiger partial charge on any atom is 0.242 e. The maximum atomic E-state index is 12.9. The van der Waals surface area contributed by atoms with Gasteiger partial charge in [-0.3, -0.25) is 9.69 Å². The average molecular weight is 374 g/mol. The lowest BCUT2D eigenvalue weighted by atomic mass is 9.98. The van der Waals surface area contributed by atoms with Crippen LogP contribution in [-0.4, -0.2) is 42.5 Å². The number of halogens is 2. The molecule has 0 radical (unpaired) electrons. The van der Waals surface area contributed by atoms with E-state index in [4.69, 9.17) is 0 Å². The van der Waals surface area contributed by atoms with Gasteiger partial charge in [-0.15, -0.1) is 24.8 Å². The molecule has 2 aliphatic rings. The van der Waals surface area contributed by atoms with Gasteiger partial charge in [0.05, 0.1) is 0 Å². The number of likely N-dealkylation sites (N-methyl/N-ethyl adjacent to an activating group) is 1. The van der Waals surface area contributed by atoms with Gasteiger partial charge in [-0.25, -0.2) is 0 Å². The highest BCUT2D eigenvalue weighted by Gasteiger charge is 2.35. The van der Waals surface area contributed by atoms with Gasteiger partial charge in [-0.2, -0.15) is 0 Å². The largest absolute Gasteiger partial charge is 0.352 e. The van der Waals surface area contributed by atoms with Crippen molar-refractivity contribution in [2.45, 2.75) is 56.8 Å². The minimum Gasteiger partial charge on any atom is -0.352 e. The predicted octanol–water partition coefficient (Wildman–Crippen LogP) is 2.92. The molecule has 4 nitrogen and oxygen atoms in total. The van der Waals surface area contributed by atoms with Crippen LogP contribution >= 0.6 is 24.8 Å². The fourth-order valence-electron chi connectivity index (χ4n) is 3.88. The smallest absolute Gasteiger partial charge is 0.242 e. The third-order valence-electron chi connectivity index (χ3n) is 5.12. The molecule has 24 heavy (non-hydrogen) atoms. The molecule has 2 aliphatic heterocycles. The summed E-state index contributed by atoms with van der Waals surface area (Å²) in [4.78, 5) is 15.0. The number of carbonyl (C=O) groups is 1. The Labute approximate surface area is 157 Å². The number of nitrogens with one attached hydrogen (secondary N) is 2. The molecule has 136 valence electrons. The second-order valence-corrected chi connectivity index (χ2v) is 6.70. The Balaban J connectivity index is 0.00000144. The Morgan fingerprint density at radius 3 is 2.33 bits per heavy atom. The van der Waals surface area contributed by atoms with Crippen LogP contribution in [0.1, 0.15) is 44.2 Å². The number of amides is 1. The number of fused-ring (bicyclic) bond motifs is 2. The highest BCUT2D eigenvalue weighted by Crippen LogP contribution is 2.28. The fourth-order valence-corrected chi connectivity index (χ4v) is 3.88. The van der Waals surface area contributed by atoms with E-state index in [0.29, 0.717) is 18.1 Å². The molecule has 0 saturated carbocycles. The van der Waals surface area contributed by atoms with Crippen LogP contribution in [0.3, 0.4) is 0 Å². The van der Waals surface area contributed by atoms with Crippen LogP contribution < -0.4 is 10.6 Å². The molecule has 3 unspecified atom stereocenters. The van der Waals surface area contributed by atoms with E-state index < -0.39 is 0 Å². The third-order valence-corrected chi connectivity index (χ3v) is 5.12. The number of nitrogens with zero attached hydrogens (tertiary/aromatic N) is 1. The Morgan fingerprint density at radius 1 is 1.21 bits per heavy atom. The monoisotopic (exact) mass is 373 g/mol. The summed E-state index contributed by atoms with van der Waals surface area (Å²) in [7, 11) is 2.02. The SMILES string of the molecule is CCN(C)C(C(=O)NC1CC2CCC(C1)N2)c1ccccc1.Cl.Cl. The molecule has 6 heteroatoms.